The number of likely N-dealkylation sites (tertiary alicyclic amines) is 1. The predicted octanol–water partition coefficient (Wildman–Crippen LogP) is 3.07. The molecule has 0 spiro atoms. The summed E-state index contributed by atoms with van der Waals surface area (Å²) in [6, 6.07) is 7.70. The Morgan fingerprint density at radius 2 is 2.00 bits per heavy atom. The lowest BCUT2D eigenvalue weighted by Crippen LogP contribution is -2.44. The lowest BCUT2D eigenvalue weighted by Gasteiger charge is -2.24. The van der Waals surface area contributed by atoms with E-state index in [-0.39, 0.29) is 5.91 Å². The molecular formula is C20H24N2O2. The number of rotatable bonds is 7. The van der Waals surface area contributed by atoms with Gasteiger partial charge in [-0.1, -0.05) is 55.7 Å². The van der Waals surface area contributed by atoms with E-state index >= 15 is 0 Å². The van der Waals surface area contributed by atoms with Gasteiger partial charge in [0.25, 0.3) is 0 Å². The maximum absolute atomic E-state index is 12.5. The summed E-state index contributed by atoms with van der Waals surface area (Å²) in [5, 5.41) is 2.64. The van der Waals surface area contributed by atoms with Crippen LogP contribution in [0, 0.1) is 0 Å². The third-order valence-electron chi connectivity index (χ3n) is 4.23. The van der Waals surface area contributed by atoms with E-state index in [9.17, 15) is 9.59 Å². The molecule has 2 amide bonds. The minimum absolute atomic E-state index is 0.00186. The van der Waals surface area contributed by atoms with Gasteiger partial charge in [-0.05, 0) is 36.0 Å². The summed E-state index contributed by atoms with van der Waals surface area (Å²) < 4.78 is 0. The molecule has 24 heavy (non-hydrogen) atoms. The number of carbonyl (C=O) groups is 2. The van der Waals surface area contributed by atoms with E-state index in [1.54, 1.807) is 12.2 Å². The van der Waals surface area contributed by atoms with Crippen molar-refractivity contribution in [2.75, 3.05) is 6.54 Å². The van der Waals surface area contributed by atoms with Crippen LogP contribution in [0.2, 0.25) is 0 Å². The fourth-order valence-electron chi connectivity index (χ4n) is 2.93. The Morgan fingerprint density at radius 3 is 2.62 bits per heavy atom. The van der Waals surface area contributed by atoms with Crippen LogP contribution in [-0.4, -0.2) is 29.8 Å². The summed E-state index contributed by atoms with van der Waals surface area (Å²) in [4.78, 5) is 25.0. The molecule has 2 rings (SSSR count). The van der Waals surface area contributed by atoms with E-state index in [2.05, 4.69) is 18.5 Å². The van der Waals surface area contributed by atoms with Crippen molar-refractivity contribution in [3.63, 3.8) is 0 Å². The molecule has 4 heteroatoms. The quantitative estimate of drug-likeness (QED) is 0.619. The summed E-state index contributed by atoms with van der Waals surface area (Å²) in [6.45, 7) is 8.81. The Bertz CT molecular complexity index is 632. The van der Waals surface area contributed by atoms with Crippen molar-refractivity contribution in [3.05, 3.63) is 66.8 Å². The van der Waals surface area contributed by atoms with Crippen LogP contribution in [-0.2, 0) is 16.1 Å². The Morgan fingerprint density at radius 1 is 1.25 bits per heavy atom. The van der Waals surface area contributed by atoms with Crippen LogP contribution >= 0.6 is 0 Å². The number of hydrogen-bond donors (Lipinski definition) is 1. The summed E-state index contributed by atoms with van der Waals surface area (Å²) >= 11 is 0. The van der Waals surface area contributed by atoms with Crippen molar-refractivity contribution in [2.45, 2.75) is 31.8 Å². The number of hydrogen-bond acceptors (Lipinski definition) is 2. The summed E-state index contributed by atoms with van der Waals surface area (Å²) in [5.74, 6) is 0.00186. The maximum atomic E-state index is 12.5. The molecule has 0 bridgehead atoms. The Labute approximate surface area is 143 Å². The zero-order valence-corrected chi connectivity index (χ0v) is 13.9. The SMILES string of the molecule is C=C/C=C(\C=C)c1ccc(CN2CCCCC(NC=O)C2=O)cc1. The number of amides is 2. The number of nitrogens with one attached hydrogen (secondary N) is 1. The van der Waals surface area contributed by atoms with Crippen molar-refractivity contribution in [1.82, 2.24) is 10.2 Å². The monoisotopic (exact) mass is 324 g/mol. The second kappa shape index (κ2) is 8.87. The number of benzene rings is 1. The average Bonchev–Trinajstić information content (AvgIpc) is 2.77. The molecule has 1 unspecified atom stereocenters. The van der Waals surface area contributed by atoms with Gasteiger partial charge in [0.15, 0.2) is 0 Å². The maximum Gasteiger partial charge on any atom is 0.245 e. The van der Waals surface area contributed by atoms with Crippen molar-refractivity contribution in [1.29, 1.82) is 0 Å². The molecule has 0 saturated carbocycles. The topological polar surface area (TPSA) is 49.4 Å². The minimum atomic E-state index is -0.396. The highest BCUT2D eigenvalue weighted by atomic mass is 16.2. The zero-order valence-electron chi connectivity index (χ0n) is 13.9. The van der Waals surface area contributed by atoms with Crippen molar-refractivity contribution >= 4 is 17.9 Å². The van der Waals surface area contributed by atoms with E-state index in [1.807, 2.05) is 35.2 Å². The zero-order chi connectivity index (χ0) is 17.4. The molecule has 1 aromatic rings. The molecule has 1 fully saturated rings. The van der Waals surface area contributed by atoms with Gasteiger partial charge < -0.3 is 10.2 Å². The third kappa shape index (κ3) is 4.44. The number of nitrogens with zero attached hydrogens (tertiary/aromatic N) is 1. The van der Waals surface area contributed by atoms with Gasteiger partial charge in [0.1, 0.15) is 6.04 Å². The Hall–Kier alpha value is -2.62. The molecule has 0 aliphatic carbocycles. The first-order valence-electron chi connectivity index (χ1n) is 8.22. The van der Waals surface area contributed by atoms with Crippen LogP contribution in [0.5, 0.6) is 0 Å². The highest BCUT2D eigenvalue weighted by Gasteiger charge is 2.26. The van der Waals surface area contributed by atoms with Gasteiger partial charge in [-0.3, -0.25) is 9.59 Å². The van der Waals surface area contributed by atoms with Crippen LogP contribution in [0.3, 0.4) is 0 Å². The van der Waals surface area contributed by atoms with Crippen LogP contribution in [0.4, 0.5) is 0 Å². The van der Waals surface area contributed by atoms with E-state index in [1.165, 1.54) is 0 Å². The second-order valence-electron chi connectivity index (χ2n) is 5.85. The minimum Gasteiger partial charge on any atom is -0.347 e. The molecule has 1 N–H and O–H groups in total. The lowest BCUT2D eigenvalue weighted by atomic mass is 10.0. The summed E-state index contributed by atoms with van der Waals surface area (Å²) in [5.41, 5.74) is 3.15. The normalized spacial score (nSPS) is 18.7. The third-order valence-corrected chi connectivity index (χ3v) is 4.23. The fourth-order valence-corrected chi connectivity index (χ4v) is 2.93. The van der Waals surface area contributed by atoms with Gasteiger partial charge in [-0.25, -0.2) is 0 Å². The Kier molecular flexibility index (Phi) is 6.55. The van der Waals surface area contributed by atoms with Crippen molar-refractivity contribution < 1.29 is 9.59 Å². The molecule has 0 aromatic heterocycles. The van der Waals surface area contributed by atoms with Crippen LogP contribution in [0.1, 0.15) is 30.4 Å². The first kappa shape index (κ1) is 17.7. The highest BCUT2D eigenvalue weighted by molar-refractivity contribution is 5.84. The molecule has 1 aromatic carbocycles. The molecule has 4 nitrogen and oxygen atoms in total. The first-order chi connectivity index (χ1) is 11.7. The first-order valence-corrected chi connectivity index (χ1v) is 8.22. The molecule has 126 valence electrons. The van der Waals surface area contributed by atoms with Crippen molar-refractivity contribution in [2.24, 2.45) is 0 Å². The van der Waals surface area contributed by atoms with Crippen LogP contribution < -0.4 is 5.32 Å². The summed E-state index contributed by atoms with van der Waals surface area (Å²) in [7, 11) is 0. The summed E-state index contributed by atoms with van der Waals surface area (Å²) in [6.07, 6.45) is 8.68. The predicted molar refractivity (Wildman–Crippen MR) is 97.1 cm³/mol. The van der Waals surface area contributed by atoms with E-state index in [0.29, 0.717) is 19.4 Å². The highest BCUT2D eigenvalue weighted by Crippen LogP contribution is 2.19. The smallest absolute Gasteiger partial charge is 0.245 e. The van der Waals surface area contributed by atoms with Crippen molar-refractivity contribution in [3.8, 4) is 0 Å². The van der Waals surface area contributed by atoms with Gasteiger partial charge in [0.2, 0.25) is 12.3 Å². The van der Waals surface area contributed by atoms with Gasteiger partial charge >= 0.3 is 0 Å². The standard InChI is InChI=1S/C20H24N2O2/c1-3-7-17(4-2)18-11-9-16(10-12-18)14-22-13-6-5-8-19(20(22)24)21-15-23/h3-4,7,9-12,15,19H,1-2,5-6,8,13-14H2,(H,21,23)/b17-7+. The molecular weight excluding hydrogens is 300 g/mol. The van der Waals surface area contributed by atoms with E-state index in [0.717, 1.165) is 36.1 Å². The lowest BCUT2D eigenvalue weighted by molar-refractivity contribution is -0.134. The van der Waals surface area contributed by atoms with Gasteiger partial charge in [0.05, 0.1) is 0 Å². The Balaban J connectivity index is 2.10. The fraction of sp³-hybridized carbons (Fsp3) is 0.300. The average molecular weight is 324 g/mol. The number of carbonyl (C=O) groups excluding carboxylic acids is 2. The molecule has 1 heterocycles. The molecule has 1 aliphatic heterocycles. The van der Waals surface area contributed by atoms with Crippen LogP contribution in [0.15, 0.2) is 55.7 Å². The largest absolute Gasteiger partial charge is 0.347 e. The number of allylic oxidation sites excluding steroid dienone is 4. The molecule has 1 atom stereocenters. The van der Waals surface area contributed by atoms with E-state index < -0.39 is 6.04 Å². The second-order valence-corrected chi connectivity index (χ2v) is 5.85. The van der Waals surface area contributed by atoms with Gasteiger partial charge in [0, 0.05) is 13.1 Å². The molecule has 1 aliphatic rings. The molecule has 1 saturated heterocycles. The van der Waals surface area contributed by atoms with E-state index in [4.69, 9.17) is 0 Å². The van der Waals surface area contributed by atoms with Gasteiger partial charge in [-0.2, -0.15) is 0 Å². The van der Waals surface area contributed by atoms with Gasteiger partial charge in [-0.15, -0.1) is 0 Å². The molecule has 0 radical (unpaired) electrons. The van der Waals surface area contributed by atoms with Crippen LogP contribution in [0.25, 0.3) is 5.57 Å².